The molecule has 0 amide bonds. The largest absolute Gasteiger partial charge is 0.416 e. The summed E-state index contributed by atoms with van der Waals surface area (Å²) in [6, 6.07) is 9.99. The van der Waals surface area contributed by atoms with Gasteiger partial charge in [-0.05, 0) is 75.0 Å². The normalized spacial score (nSPS) is 18.3. The summed E-state index contributed by atoms with van der Waals surface area (Å²) < 4.78 is 39.0. The standard InChI is InChI=1S/C23H24F3N3/c1-14-12-17(23(24,25)26)9-10-18(14)21-15(2)19-7-4-8-20(22(19)28-27-21)16-6-5-11-29(3)13-16/h4,7-10,12,16H,5-6,11,13H2,1-3H3/t16-/m1/s1. The highest BCUT2D eigenvalue weighted by atomic mass is 19.4. The molecule has 3 nitrogen and oxygen atoms in total. The summed E-state index contributed by atoms with van der Waals surface area (Å²) in [7, 11) is 2.14. The number of aromatic nitrogens is 2. The number of nitrogens with zero attached hydrogens (tertiary/aromatic N) is 3. The van der Waals surface area contributed by atoms with E-state index in [2.05, 4.69) is 28.2 Å². The molecule has 0 saturated carbocycles. The molecule has 1 aromatic heterocycles. The van der Waals surface area contributed by atoms with Gasteiger partial charge in [0, 0.05) is 17.5 Å². The van der Waals surface area contributed by atoms with Gasteiger partial charge in [0.1, 0.15) is 0 Å². The Labute approximate surface area is 168 Å². The molecule has 4 rings (SSSR count). The summed E-state index contributed by atoms with van der Waals surface area (Å²) in [4.78, 5) is 2.34. The molecule has 152 valence electrons. The predicted molar refractivity (Wildman–Crippen MR) is 109 cm³/mol. The Bertz CT molecular complexity index is 1060. The smallest absolute Gasteiger partial charge is 0.306 e. The van der Waals surface area contributed by atoms with E-state index in [0.717, 1.165) is 48.5 Å². The van der Waals surface area contributed by atoms with Crippen LogP contribution in [0.4, 0.5) is 13.2 Å². The Balaban J connectivity index is 1.80. The van der Waals surface area contributed by atoms with E-state index >= 15 is 0 Å². The first kappa shape index (κ1) is 19.8. The number of hydrogen-bond acceptors (Lipinski definition) is 3. The summed E-state index contributed by atoms with van der Waals surface area (Å²) in [6.45, 7) is 5.77. The van der Waals surface area contributed by atoms with Crippen LogP contribution in [-0.4, -0.2) is 35.2 Å². The topological polar surface area (TPSA) is 29.0 Å². The molecule has 0 spiro atoms. The SMILES string of the molecule is Cc1cc(C(F)(F)F)ccc1-c1nnc2c([C@@H]3CCCN(C)C3)cccc2c1C. The number of halogens is 3. The fraction of sp³-hybridized carbons (Fsp3) is 0.391. The van der Waals surface area contributed by atoms with Crippen LogP contribution in [0.15, 0.2) is 36.4 Å². The lowest BCUT2D eigenvalue weighted by Crippen LogP contribution is -2.31. The Morgan fingerprint density at radius 2 is 1.86 bits per heavy atom. The third-order valence-electron chi connectivity index (χ3n) is 5.95. The van der Waals surface area contributed by atoms with Gasteiger partial charge >= 0.3 is 6.18 Å². The third-order valence-corrected chi connectivity index (χ3v) is 5.95. The van der Waals surface area contributed by atoms with E-state index in [4.69, 9.17) is 0 Å². The minimum Gasteiger partial charge on any atom is -0.306 e. The average molecular weight is 399 g/mol. The quantitative estimate of drug-likeness (QED) is 0.550. The number of hydrogen-bond donors (Lipinski definition) is 0. The number of piperidine rings is 1. The Morgan fingerprint density at radius 1 is 1.07 bits per heavy atom. The lowest BCUT2D eigenvalue weighted by Gasteiger charge is -2.30. The second-order valence-electron chi connectivity index (χ2n) is 8.05. The van der Waals surface area contributed by atoms with E-state index in [-0.39, 0.29) is 0 Å². The van der Waals surface area contributed by atoms with Crippen LogP contribution in [0.2, 0.25) is 0 Å². The first-order chi connectivity index (χ1) is 13.8. The number of alkyl halides is 3. The predicted octanol–water partition coefficient (Wildman–Crippen LogP) is 5.74. The molecule has 1 atom stereocenters. The molecule has 1 saturated heterocycles. The zero-order valence-corrected chi connectivity index (χ0v) is 16.8. The molecule has 2 aromatic carbocycles. The van der Waals surface area contributed by atoms with Crippen LogP contribution in [0.5, 0.6) is 0 Å². The van der Waals surface area contributed by atoms with Gasteiger partial charge in [-0.2, -0.15) is 13.2 Å². The van der Waals surface area contributed by atoms with Crippen molar-refractivity contribution in [1.29, 1.82) is 0 Å². The minimum atomic E-state index is -4.35. The summed E-state index contributed by atoms with van der Waals surface area (Å²) in [5, 5.41) is 10.0. The molecule has 0 radical (unpaired) electrons. The van der Waals surface area contributed by atoms with E-state index in [1.165, 1.54) is 17.7 Å². The number of fused-ring (bicyclic) bond motifs is 1. The summed E-state index contributed by atoms with van der Waals surface area (Å²) in [5.74, 6) is 0.421. The van der Waals surface area contributed by atoms with E-state index in [9.17, 15) is 13.2 Å². The first-order valence-corrected chi connectivity index (χ1v) is 9.88. The van der Waals surface area contributed by atoms with E-state index in [1.54, 1.807) is 6.92 Å². The van der Waals surface area contributed by atoms with Crippen molar-refractivity contribution in [2.75, 3.05) is 20.1 Å². The van der Waals surface area contributed by atoms with Gasteiger partial charge < -0.3 is 4.90 Å². The van der Waals surface area contributed by atoms with Gasteiger partial charge in [-0.15, -0.1) is 10.2 Å². The second kappa shape index (κ2) is 7.41. The zero-order chi connectivity index (χ0) is 20.8. The molecule has 0 aliphatic carbocycles. The van der Waals surface area contributed by atoms with Gasteiger partial charge in [-0.25, -0.2) is 0 Å². The van der Waals surface area contributed by atoms with E-state index in [0.29, 0.717) is 22.7 Å². The average Bonchev–Trinajstić information content (AvgIpc) is 2.68. The van der Waals surface area contributed by atoms with E-state index in [1.807, 2.05) is 19.1 Å². The van der Waals surface area contributed by atoms with Crippen molar-refractivity contribution in [3.8, 4) is 11.3 Å². The van der Waals surface area contributed by atoms with Crippen molar-refractivity contribution in [1.82, 2.24) is 15.1 Å². The molecule has 0 N–H and O–H groups in total. The molecule has 0 unspecified atom stereocenters. The van der Waals surface area contributed by atoms with Gasteiger partial charge in [0.25, 0.3) is 0 Å². The van der Waals surface area contributed by atoms with Crippen molar-refractivity contribution in [3.05, 3.63) is 58.7 Å². The van der Waals surface area contributed by atoms with E-state index < -0.39 is 11.7 Å². The lowest BCUT2D eigenvalue weighted by molar-refractivity contribution is -0.137. The zero-order valence-electron chi connectivity index (χ0n) is 16.8. The molecule has 1 aliphatic heterocycles. The maximum atomic E-state index is 13.0. The monoisotopic (exact) mass is 399 g/mol. The van der Waals surface area contributed by atoms with Crippen LogP contribution in [-0.2, 0) is 6.18 Å². The fourth-order valence-electron chi connectivity index (χ4n) is 4.39. The highest BCUT2D eigenvalue weighted by molar-refractivity contribution is 5.89. The first-order valence-electron chi connectivity index (χ1n) is 9.88. The van der Waals surface area contributed by atoms with Crippen LogP contribution in [0.1, 0.15) is 41.0 Å². The number of likely N-dealkylation sites (N-methyl/N-ethyl adjacent to an activating group) is 1. The number of benzene rings is 2. The van der Waals surface area contributed by atoms with Gasteiger partial charge in [-0.1, -0.05) is 24.3 Å². The van der Waals surface area contributed by atoms with Gasteiger partial charge in [-0.3, -0.25) is 0 Å². The van der Waals surface area contributed by atoms with Crippen molar-refractivity contribution >= 4 is 10.9 Å². The molecular weight excluding hydrogens is 375 g/mol. The van der Waals surface area contributed by atoms with Crippen LogP contribution < -0.4 is 0 Å². The maximum absolute atomic E-state index is 13.0. The molecular formula is C23H24F3N3. The number of likely N-dealkylation sites (tertiary alicyclic amines) is 1. The lowest BCUT2D eigenvalue weighted by atomic mass is 9.88. The number of rotatable bonds is 2. The van der Waals surface area contributed by atoms with Gasteiger partial charge in [0.2, 0.25) is 0 Å². The highest BCUT2D eigenvalue weighted by Crippen LogP contribution is 2.36. The summed E-state index contributed by atoms with van der Waals surface area (Å²) in [5.41, 5.74) is 4.28. The molecule has 6 heteroatoms. The summed E-state index contributed by atoms with van der Waals surface area (Å²) >= 11 is 0. The highest BCUT2D eigenvalue weighted by Gasteiger charge is 2.31. The Hall–Kier alpha value is -2.47. The van der Waals surface area contributed by atoms with Crippen molar-refractivity contribution in [2.24, 2.45) is 0 Å². The molecule has 29 heavy (non-hydrogen) atoms. The van der Waals surface area contributed by atoms with Crippen LogP contribution >= 0.6 is 0 Å². The molecule has 0 bridgehead atoms. The van der Waals surface area contributed by atoms with Crippen molar-refractivity contribution in [2.45, 2.75) is 38.8 Å². The summed E-state index contributed by atoms with van der Waals surface area (Å²) in [6.07, 6.45) is -2.06. The number of aryl methyl sites for hydroxylation is 2. The molecule has 2 heterocycles. The molecule has 3 aromatic rings. The van der Waals surface area contributed by atoms with Gasteiger partial charge in [0.05, 0.1) is 16.8 Å². The van der Waals surface area contributed by atoms with Gasteiger partial charge in [0.15, 0.2) is 0 Å². The van der Waals surface area contributed by atoms with Crippen LogP contribution in [0.25, 0.3) is 22.2 Å². The maximum Gasteiger partial charge on any atom is 0.416 e. The minimum absolute atomic E-state index is 0.421. The van der Waals surface area contributed by atoms with Crippen LogP contribution in [0.3, 0.4) is 0 Å². The molecule has 1 fully saturated rings. The third kappa shape index (κ3) is 3.73. The van der Waals surface area contributed by atoms with Crippen LogP contribution in [0, 0.1) is 13.8 Å². The van der Waals surface area contributed by atoms with Crippen molar-refractivity contribution in [3.63, 3.8) is 0 Å². The van der Waals surface area contributed by atoms with Crippen molar-refractivity contribution < 1.29 is 13.2 Å². The molecule has 1 aliphatic rings. The second-order valence-corrected chi connectivity index (χ2v) is 8.05. The fourth-order valence-corrected chi connectivity index (χ4v) is 4.39. The Morgan fingerprint density at radius 3 is 2.55 bits per heavy atom. The Kier molecular flexibility index (Phi) is 5.07.